The molecule has 0 spiro atoms. The minimum Gasteiger partial charge on any atom is -0.477 e. The van der Waals surface area contributed by atoms with E-state index in [2.05, 4.69) is 122 Å². The Labute approximate surface area is 178 Å². The Morgan fingerprint density at radius 2 is 1.10 bits per heavy atom. The van der Waals surface area contributed by atoms with Crippen LogP contribution in [-0.4, -0.2) is 0 Å². The lowest BCUT2D eigenvalue weighted by Gasteiger charge is -2.37. The first-order valence-electron chi connectivity index (χ1n) is 10.4. The van der Waals surface area contributed by atoms with Crippen LogP contribution in [0.2, 0.25) is 0 Å². The Kier molecular flexibility index (Phi) is 4.72. The van der Waals surface area contributed by atoms with Gasteiger partial charge in [0.05, 0.1) is 5.92 Å². The van der Waals surface area contributed by atoms with Gasteiger partial charge in [-0.3, -0.25) is 0 Å². The zero-order chi connectivity index (χ0) is 20.4. The lowest BCUT2D eigenvalue weighted by molar-refractivity contribution is 0.0845. The first-order chi connectivity index (χ1) is 14.8. The van der Waals surface area contributed by atoms with Gasteiger partial charge in [0.15, 0.2) is 5.60 Å². The molecule has 1 aliphatic heterocycles. The summed E-state index contributed by atoms with van der Waals surface area (Å²) in [7, 11) is 0. The van der Waals surface area contributed by atoms with Crippen molar-refractivity contribution < 1.29 is 4.74 Å². The predicted molar refractivity (Wildman–Crippen MR) is 123 cm³/mol. The largest absolute Gasteiger partial charge is 0.477 e. The first-order valence-corrected chi connectivity index (χ1v) is 10.4. The van der Waals surface area contributed by atoms with Crippen molar-refractivity contribution >= 4 is 5.76 Å². The molecule has 1 unspecified atom stereocenters. The third-order valence-electron chi connectivity index (χ3n) is 5.93. The fraction of sp³-hybridized carbons (Fsp3) is 0.103. The Morgan fingerprint density at radius 3 is 1.63 bits per heavy atom. The molecule has 4 aromatic carbocycles. The fourth-order valence-corrected chi connectivity index (χ4v) is 4.42. The lowest BCUT2D eigenvalue weighted by Crippen LogP contribution is -2.33. The number of rotatable bonds is 4. The summed E-state index contributed by atoms with van der Waals surface area (Å²) < 4.78 is 6.97. The van der Waals surface area contributed by atoms with Gasteiger partial charge < -0.3 is 4.74 Å². The molecule has 0 amide bonds. The summed E-state index contributed by atoms with van der Waals surface area (Å²) in [5, 5.41) is 0. The van der Waals surface area contributed by atoms with E-state index in [4.69, 9.17) is 4.74 Å². The van der Waals surface area contributed by atoms with Gasteiger partial charge in [0.25, 0.3) is 0 Å². The van der Waals surface area contributed by atoms with Crippen molar-refractivity contribution in [2.75, 3.05) is 0 Å². The number of aryl methyl sites for hydroxylation is 1. The van der Waals surface area contributed by atoms with Crippen molar-refractivity contribution in [3.05, 3.63) is 149 Å². The van der Waals surface area contributed by atoms with Crippen molar-refractivity contribution in [2.24, 2.45) is 0 Å². The molecule has 1 aliphatic rings. The second-order valence-electron chi connectivity index (χ2n) is 7.86. The summed E-state index contributed by atoms with van der Waals surface area (Å²) >= 11 is 0. The molecule has 4 aromatic rings. The van der Waals surface area contributed by atoms with E-state index < -0.39 is 5.60 Å². The third-order valence-corrected chi connectivity index (χ3v) is 5.93. The average molecular weight is 389 g/mol. The highest BCUT2D eigenvalue weighted by Gasteiger charge is 2.49. The maximum absolute atomic E-state index is 6.97. The first kappa shape index (κ1) is 18.4. The number of hydrogen-bond donors (Lipinski definition) is 0. The highest BCUT2D eigenvalue weighted by Crippen LogP contribution is 2.54. The fourth-order valence-electron chi connectivity index (χ4n) is 4.42. The molecule has 5 rings (SSSR count). The van der Waals surface area contributed by atoms with Crippen LogP contribution in [0.4, 0.5) is 0 Å². The summed E-state index contributed by atoms with van der Waals surface area (Å²) in [5.41, 5.74) is 5.30. The summed E-state index contributed by atoms with van der Waals surface area (Å²) in [5.74, 6) is 0.979. The Balaban J connectivity index is 1.76. The van der Waals surface area contributed by atoms with Gasteiger partial charge in [-0.1, -0.05) is 121 Å². The van der Waals surface area contributed by atoms with Crippen molar-refractivity contribution in [2.45, 2.75) is 18.4 Å². The molecule has 1 heterocycles. The van der Waals surface area contributed by atoms with Crippen molar-refractivity contribution in [1.82, 2.24) is 0 Å². The topological polar surface area (TPSA) is 9.23 Å². The van der Waals surface area contributed by atoms with Gasteiger partial charge in [0.1, 0.15) is 5.76 Å². The minimum atomic E-state index is -0.622. The van der Waals surface area contributed by atoms with E-state index in [1.165, 1.54) is 11.1 Å². The summed E-state index contributed by atoms with van der Waals surface area (Å²) in [6.07, 6.45) is 2.29. The van der Waals surface area contributed by atoms with Crippen LogP contribution in [0.25, 0.3) is 5.76 Å². The van der Waals surface area contributed by atoms with Gasteiger partial charge in [-0.05, 0) is 18.6 Å². The van der Waals surface area contributed by atoms with Crippen LogP contribution in [0.5, 0.6) is 0 Å². The quantitative estimate of drug-likeness (QED) is 0.362. The van der Waals surface area contributed by atoms with Gasteiger partial charge in [-0.15, -0.1) is 0 Å². The van der Waals surface area contributed by atoms with Gasteiger partial charge in [0, 0.05) is 16.7 Å². The number of benzene rings is 4. The Hall–Kier alpha value is -3.58. The monoisotopic (exact) mass is 388 g/mol. The molecular formula is C29H24O. The van der Waals surface area contributed by atoms with Crippen LogP contribution in [0.1, 0.15) is 33.7 Å². The summed E-state index contributed by atoms with van der Waals surface area (Å²) in [6.45, 7) is 2.13. The van der Waals surface area contributed by atoms with Crippen LogP contribution in [0.3, 0.4) is 0 Å². The number of hydrogen-bond acceptors (Lipinski definition) is 1. The zero-order valence-electron chi connectivity index (χ0n) is 17.0. The van der Waals surface area contributed by atoms with Crippen molar-refractivity contribution in [1.29, 1.82) is 0 Å². The molecule has 1 heteroatoms. The van der Waals surface area contributed by atoms with E-state index in [1.807, 2.05) is 6.07 Å². The Bertz CT molecular complexity index is 1100. The van der Waals surface area contributed by atoms with E-state index >= 15 is 0 Å². The van der Waals surface area contributed by atoms with Gasteiger partial charge in [-0.2, -0.15) is 0 Å². The van der Waals surface area contributed by atoms with E-state index in [0.717, 1.165) is 22.4 Å². The average Bonchev–Trinajstić information content (AvgIpc) is 3.23. The van der Waals surface area contributed by atoms with Crippen LogP contribution >= 0.6 is 0 Å². The molecule has 1 nitrogen and oxygen atoms in total. The molecule has 0 aliphatic carbocycles. The van der Waals surface area contributed by atoms with Gasteiger partial charge >= 0.3 is 0 Å². The smallest absolute Gasteiger partial charge is 0.169 e. The standard InChI is InChI=1S/C29H24O/c1-22-17-19-23(20-18-22)27-21-28(24-11-5-2-6-12-24)30-29(27,25-13-7-3-8-14-25)26-15-9-4-10-16-26/h2-21,27H,1H3. The molecule has 1 atom stereocenters. The highest BCUT2D eigenvalue weighted by atomic mass is 16.5. The molecule has 146 valence electrons. The van der Waals surface area contributed by atoms with Crippen molar-refractivity contribution in [3.8, 4) is 0 Å². The van der Waals surface area contributed by atoms with Crippen LogP contribution in [0.15, 0.2) is 121 Å². The van der Waals surface area contributed by atoms with E-state index in [1.54, 1.807) is 0 Å². The molecular weight excluding hydrogens is 364 g/mol. The molecule has 0 N–H and O–H groups in total. The second-order valence-corrected chi connectivity index (χ2v) is 7.86. The maximum Gasteiger partial charge on any atom is 0.169 e. The SMILES string of the molecule is Cc1ccc(C2C=C(c3ccccc3)OC2(c2ccccc2)c2ccccc2)cc1. The maximum atomic E-state index is 6.97. The van der Waals surface area contributed by atoms with E-state index in [-0.39, 0.29) is 5.92 Å². The summed E-state index contributed by atoms with van der Waals surface area (Å²) in [6, 6.07) is 40.4. The van der Waals surface area contributed by atoms with E-state index in [0.29, 0.717) is 0 Å². The molecule has 0 saturated heterocycles. The molecule has 0 aromatic heterocycles. The zero-order valence-corrected chi connectivity index (χ0v) is 17.0. The lowest BCUT2D eigenvalue weighted by atomic mass is 9.73. The molecule has 0 radical (unpaired) electrons. The number of ether oxygens (including phenoxy) is 1. The molecule has 0 saturated carbocycles. The normalized spacial score (nSPS) is 17.2. The van der Waals surface area contributed by atoms with Crippen LogP contribution in [-0.2, 0) is 10.3 Å². The van der Waals surface area contributed by atoms with E-state index in [9.17, 15) is 0 Å². The second kappa shape index (κ2) is 7.68. The van der Waals surface area contributed by atoms with Crippen LogP contribution < -0.4 is 0 Å². The Morgan fingerprint density at radius 1 is 0.600 bits per heavy atom. The summed E-state index contributed by atoms with van der Waals surface area (Å²) in [4.78, 5) is 0. The van der Waals surface area contributed by atoms with Gasteiger partial charge in [0.2, 0.25) is 0 Å². The van der Waals surface area contributed by atoms with Crippen molar-refractivity contribution in [3.63, 3.8) is 0 Å². The molecule has 30 heavy (non-hydrogen) atoms. The molecule has 0 bridgehead atoms. The predicted octanol–water partition coefficient (Wildman–Crippen LogP) is 7.09. The third kappa shape index (κ3) is 3.13. The highest BCUT2D eigenvalue weighted by molar-refractivity contribution is 5.67. The van der Waals surface area contributed by atoms with Crippen LogP contribution in [0, 0.1) is 6.92 Å². The minimum absolute atomic E-state index is 0.0538. The molecule has 0 fully saturated rings. The van der Waals surface area contributed by atoms with Gasteiger partial charge in [-0.25, -0.2) is 0 Å².